The molecule has 0 saturated heterocycles. The van der Waals surface area contributed by atoms with Gasteiger partial charge in [-0.2, -0.15) is 0 Å². The van der Waals surface area contributed by atoms with Crippen molar-refractivity contribution in [2.24, 2.45) is 0 Å². The van der Waals surface area contributed by atoms with Crippen molar-refractivity contribution in [2.45, 2.75) is 118 Å². The average molecular weight is 1080 g/mol. The molecule has 0 radical (unpaired) electrons. The standard InChI is InChI=1S/C60H67N3Si2.Pt/c1-58(2,3)45-34-44(35-46(36-45)59(4,5)6)57-62-56-50(25-20-26-55(56)63(57)54-32-31-49(65(13,14)15)39-51(54)41-21-17-16-18-22-41)53-38-47(60(7,8)9)37-52(61-53)43-24-19-23-42(33-43)40-27-29-48(30-28-40)64(10,11)12;/h16-23,25-34,36-39H,1-15H3;/q-2;+2. The van der Waals surface area contributed by atoms with Crippen LogP contribution < -0.4 is 10.4 Å². The molecule has 8 rings (SSSR count). The zero-order valence-corrected chi connectivity index (χ0v) is 46.1. The second-order valence-electron chi connectivity index (χ2n) is 23.2. The van der Waals surface area contributed by atoms with Crippen LogP contribution in [0.25, 0.3) is 72.9 Å². The summed E-state index contributed by atoms with van der Waals surface area (Å²) in [5.41, 5.74) is 15.8. The van der Waals surface area contributed by atoms with Crippen LogP contribution in [0.4, 0.5) is 0 Å². The zero-order chi connectivity index (χ0) is 46.9. The molecule has 0 aliphatic rings. The van der Waals surface area contributed by atoms with Gasteiger partial charge >= 0.3 is 21.1 Å². The fourth-order valence-electron chi connectivity index (χ4n) is 8.50. The molecule has 0 saturated carbocycles. The first-order valence-corrected chi connectivity index (χ1v) is 30.3. The van der Waals surface area contributed by atoms with Crippen LogP contribution in [-0.4, -0.2) is 30.7 Å². The molecule has 0 aliphatic heterocycles. The molecule has 6 heteroatoms. The number of rotatable bonds is 8. The molecule has 8 aromatic rings. The van der Waals surface area contributed by atoms with E-state index in [2.05, 4.69) is 246 Å². The Morgan fingerprint density at radius 2 is 1.11 bits per heavy atom. The Labute approximate surface area is 412 Å². The van der Waals surface area contributed by atoms with Crippen LogP contribution in [0.2, 0.25) is 39.3 Å². The van der Waals surface area contributed by atoms with E-state index in [0.29, 0.717) is 0 Å². The Bertz CT molecular complexity index is 3000. The Balaban J connectivity index is 0.00000648. The molecule has 0 spiro atoms. The van der Waals surface area contributed by atoms with E-state index in [9.17, 15) is 0 Å². The monoisotopic (exact) mass is 1080 g/mol. The summed E-state index contributed by atoms with van der Waals surface area (Å²) in [5, 5.41) is 2.88. The van der Waals surface area contributed by atoms with E-state index >= 15 is 0 Å². The summed E-state index contributed by atoms with van der Waals surface area (Å²) in [7, 11) is -3.09. The molecule has 6 aromatic carbocycles. The summed E-state index contributed by atoms with van der Waals surface area (Å²) in [6.07, 6.45) is 0. The maximum atomic E-state index is 5.76. The van der Waals surface area contributed by atoms with Gasteiger partial charge in [0.15, 0.2) is 0 Å². The van der Waals surface area contributed by atoms with Crippen LogP contribution in [0.3, 0.4) is 0 Å². The summed E-state index contributed by atoms with van der Waals surface area (Å²) in [4.78, 5) is 11.3. The third kappa shape index (κ3) is 10.1. The van der Waals surface area contributed by atoms with Crippen molar-refractivity contribution in [1.29, 1.82) is 0 Å². The summed E-state index contributed by atoms with van der Waals surface area (Å²) in [6.45, 7) is 35.0. The van der Waals surface area contributed by atoms with Gasteiger partial charge in [0, 0.05) is 16.8 Å². The molecule has 2 aromatic heterocycles. The quantitative estimate of drug-likeness (QED) is 0.112. The minimum atomic E-state index is -1.67. The van der Waals surface area contributed by atoms with Gasteiger partial charge in [0.2, 0.25) is 0 Å². The number of nitrogens with zero attached hydrogens (tertiary/aromatic N) is 3. The molecular formula is C60H67N3PtSi2. The van der Waals surface area contributed by atoms with Crippen LogP contribution in [0.15, 0.2) is 133 Å². The number of fused-ring (bicyclic) bond motifs is 1. The Kier molecular flexibility index (Phi) is 13.3. The molecule has 0 fully saturated rings. The van der Waals surface area contributed by atoms with Crippen LogP contribution in [0.1, 0.15) is 79.0 Å². The van der Waals surface area contributed by atoms with Gasteiger partial charge in [-0.25, -0.2) is 0 Å². The number of aromatic nitrogens is 3. The fraction of sp³-hybridized carbons (Fsp3) is 0.300. The van der Waals surface area contributed by atoms with E-state index in [4.69, 9.17) is 9.97 Å². The maximum absolute atomic E-state index is 5.76. The van der Waals surface area contributed by atoms with Gasteiger partial charge in [-0.1, -0.05) is 197 Å². The van der Waals surface area contributed by atoms with Gasteiger partial charge < -0.3 is 4.57 Å². The smallest absolute Gasteiger partial charge is 0.333 e. The summed E-state index contributed by atoms with van der Waals surface area (Å²) >= 11 is 0. The molecule has 0 atom stereocenters. The van der Waals surface area contributed by atoms with Crippen molar-refractivity contribution >= 4 is 37.6 Å². The number of imidazole rings is 1. The molecule has 0 amide bonds. The van der Waals surface area contributed by atoms with E-state index in [1.54, 1.807) is 0 Å². The van der Waals surface area contributed by atoms with Gasteiger partial charge in [-0.15, -0.1) is 70.3 Å². The number of hydrogen-bond acceptors (Lipinski definition) is 2. The van der Waals surface area contributed by atoms with Crippen LogP contribution in [-0.2, 0) is 37.3 Å². The number of para-hydroxylation sites is 1. The zero-order valence-electron chi connectivity index (χ0n) is 41.9. The van der Waals surface area contributed by atoms with E-state index < -0.39 is 16.1 Å². The van der Waals surface area contributed by atoms with E-state index in [1.807, 2.05) is 6.07 Å². The van der Waals surface area contributed by atoms with Crippen molar-refractivity contribution in [1.82, 2.24) is 14.5 Å². The first kappa shape index (κ1) is 49.0. The van der Waals surface area contributed by atoms with Crippen molar-refractivity contribution in [3.05, 3.63) is 162 Å². The number of benzene rings is 6. The van der Waals surface area contributed by atoms with Gasteiger partial charge in [-0.3, -0.25) is 9.97 Å². The summed E-state index contributed by atoms with van der Waals surface area (Å²) in [6, 6.07) is 56.9. The topological polar surface area (TPSA) is 30.7 Å². The normalized spacial score (nSPS) is 12.7. The first-order valence-electron chi connectivity index (χ1n) is 23.3. The molecule has 340 valence electrons. The predicted octanol–water partition coefficient (Wildman–Crippen LogP) is 15.3. The molecule has 3 nitrogen and oxygen atoms in total. The number of pyridine rings is 1. The van der Waals surface area contributed by atoms with Crippen LogP contribution >= 0.6 is 0 Å². The van der Waals surface area contributed by atoms with E-state index in [-0.39, 0.29) is 37.3 Å². The molecule has 0 N–H and O–H groups in total. The first-order chi connectivity index (χ1) is 30.4. The van der Waals surface area contributed by atoms with Crippen molar-refractivity contribution < 1.29 is 21.1 Å². The Morgan fingerprint density at radius 3 is 1.73 bits per heavy atom. The molecule has 2 heterocycles. The molecule has 0 aliphatic carbocycles. The largest absolute Gasteiger partial charge is 2.00 e. The average Bonchev–Trinajstić information content (AvgIpc) is 3.65. The van der Waals surface area contributed by atoms with Gasteiger partial charge in [0.1, 0.15) is 0 Å². The SMILES string of the molecule is CC(C)(C)c1[c-]c(-c2nc3c(-c4cc(C(C)(C)C)cc(-c5[c-]ccc(-c6ccc([Si](C)(C)C)cc6)c5)n4)cccc3n2-c2ccc([Si](C)(C)C)cc2-c2ccccc2)cc(C(C)(C)C)c1.[Pt+2]. The Hall–Kier alpha value is -4.94. The maximum Gasteiger partial charge on any atom is 2.00 e. The van der Waals surface area contributed by atoms with Gasteiger partial charge in [0.25, 0.3) is 0 Å². The van der Waals surface area contributed by atoms with E-state index in [0.717, 1.165) is 56.2 Å². The minimum absolute atomic E-state index is 0. The molecular weight excluding hydrogens is 1010 g/mol. The van der Waals surface area contributed by atoms with Gasteiger partial charge in [-0.05, 0) is 56.8 Å². The molecule has 0 unspecified atom stereocenters. The summed E-state index contributed by atoms with van der Waals surface area (Å²) < 4.78 is 2.40. The van der Waals surface area contributed by atoms with E-state index in [1.165, 1.54) is 43.8 Å². The molecule has 66 heavy (non-hydrogen) atoms. The van der Waals surface area contributed by atoms with Crippen molar-refractivity contribution in [3.63, 3.8) is 0 Å². The predicted molar refractivity (Wildman–Crippen MR) is 286 cm³/mol. The fourth-order valence-corrected chi connectivity index (χ4v) is 10.8. The minimum Gasteiger partial charge on any atom is -0.333 e. The molecule has 0 bridgehead atoms. The Morgan fingerprint density at radius 1 is 0.485 bits per heavy atom. The van der Waals surface area contributed by atoms with Crippen molar-refractivity contribution in [2.75, 3.05) is 0 Å². The third-order valence-electron chi connectivity index (χ3n) is 12.8. The number of hydrogen-bond donors (Lipinski definition) is 0. The third-order valence-corrected chi connectivity index (χ3v) is 16.9. The summed E-state index contributed by atoms with van der Waals surface area (Å²) in [5.74, 6) is 0.871. The second-order valence-corrected chi connectivity index (χ2v) is 33.3. The van der Waals surface area contributed by atoms with Gasteiger partial charge in [0.05, 0.1) is 38.7 Å². The van der Waals surface area contributed by atoms with Crippen molar-refractivity contribution in [3.8, 4) is 61.8 Å². The van der Waals surface area contributed by atoms with Crippen LogP contribution in [0.5, 0.6) is 0 Å². The van der Waals surface area contributed by atoms with Crippen LogP contribution in [0, 0.1) is 12.1 Å². The second kappa shape index (κ2) is 17.9.